The zero-order chi connectivity index (χ0) is 79.7. The Morgan fingerprint density at radius 1 is 0.398 bits per heavy atom. The number of hydroxylamine groups is 3. The Balaban J connectivity index is 0.000000288. The molecular weight excluding hydrogens is 1420 g/mol. The number of aromatic carboxylic acids is 3. The van der Waals surface area contributed by atoms with Crippen molar-refractivity contribution in [2.75, 3.05) is 38.3 Å². The molecule has 12 N–H and O–H groups in total. The largest absolute Gasteiger partial charge is 0.478 e. The van der Waals surface area contributed by atoms with Crippen LogP contribution in [0.3, 0.4) is 0 Å². The number of rotatable bonds is 36. The average molecular weight is 1520 g/mol. The molecule has 0 fully saturated rings. The highest BCUT2D eigenvalue weighted by molar-refractivity contribution is 6.84. The molecule has 0 spiro atoms. The van der Waals surface area contributed by atoms with Crippen LogP contribution in [0.15, 0.2) is 152 Å². The molecule has 0 aliphatic heterocycles. The van der Waals surface area contributed by atoms with Crippen molar-refractivity contribution in [3.8, 4) is 33.4 Å². The van der Waals surface area contributed by atoms with Crippen LogP contribution < -0.4 is 32.4 Å². The fraction of sp³-hybridized carbons (Fsp3) is 0.312. The van der Waals surface area contributed by atoms with Crippen molar-refractivity contribution in [3.05, 3.63) is 235 Å². The van der Waals surface area contributed by atoms with Crippen LogP contribution in [0, 0.1) is 13.8 Å². The van der Waals surface area contributed by atoms with Gasteiger partial charge in [0.2, 0.25) is 0 Å². The molecular formula is C80H100N6O20Si2. The number of benzene rings is 8. The van der Waals surface area contributed by atoms with Crippen molar-refractivity contribution in [1.29, 1.82) is 0 Å². The summed E-state index contributed by atoms with van der Waals surface area (Å²) in [5.41, 5.74) is 19.4. The van der Waals surface area contributed by atoms with Gasteiger partial charge >= 0.3 is 17.9 Å². The number of carbonyl (C=O) groups excluding carboxylic acids is 4. The van der Waals surface area contributed by atoms with Crippen LogP contribution in [0.25, 0.3) is 33.4 Å². The smallest absolute Gasteiger partial charge is 0.336 e. The van der Waals surface area contributed by atoms with Gasteiger partial charge in [0.25, 0.3) is 17.7 Å². The van der Waals surface area contributed by atoms with E-state index in [-0.39, 0.29) is 78.8 Å². The number of ketones is 1. The summed E-state index contributed by atoms with van der Waals surface area (Å²) in [6.45, 7) is 21.4. The lowest BCUT2D eigenvalue weighted by Gasteiger charge is -2.34. The SMILES string of the molecule is CC.CCCC[Si](C)(C)O[Si](C)(C)CCCNC(=O)c1cc(-c2ccc(COO)c(CONC)c2)ccc1C(=O)O.CNOCc1cc(-c2ccc(C(=O)O)c(C(=O)Nc3cc(C)cc(C(C)=O)c3)c2)ccc1COO.CNOCc1cc(-c2ccc(C(=O)O)c(C(=O)Nc3cccc(C)c3)c2)ccc1COO. The van der Waals surface area contributed by atoms with Crippen LogP contribution in [-0.4, -0.2) is 117 Å². The zero-order valence-corrected chi connectivity index (χ0v) is 65.3. The highest BCUT2D eigenvalue weighted by Crippen LogP contribution is 2.32. The first-order valence-electron chi connectivity index (χ1n) is 35.0. The molecule has 0 atom stereocenters. The number of anilines is 2. The average Bonchev–Trinajstić information content (AvgIpc) is 0.808. The number of hydrogen-bond donors (Lipinski definition) is 12. The lowest BCUT2D eigenvalue weighted by Crippen LogP contribution is -2.44. The Kier molecular flexibility index (Phi) is 36.6. The first-order chi connectivity index (χ1) is 51.6. The quantitative estimate of drug-likeness (QED) is 0.00570. The second-order valence-electron chi connectivity index (χ2n) is 26.0. The van der Waals surface area contributed by atoms with Crippen LogP contribution in [0.2, 0.25) is 38.3 Å². The van der Waals surface area contributed by atoms with Gasteiger partial charge in [-0.2, -0.15) is 0 Å². The summed E-state index contributed by atoms with van der Waals surface area (Å²) in [6.07, 6.45) is 3.13. The summed E-state index contributed by atoms with van der Waals surface area (Å²) < 4.78 is 6.64. The Bertz CT molecular complexity index is 4380. The fourth-order valence-corrected chi connectivity index (χ4v) is 20.7. The van der Waals surface area contributed by atoms with Gasteiger partial charge in [-0.25, -0.2) is 45.5 Å². The molecule has 0 bridgehead atoms. The zero-order valence-electron chi connectivity index (χ0n) is 63.3. The first-order valence-corrected chi connectivity index (χ1v) is 41.3. The number of hydrogen-bond acceptors (Lipinski definition) is 20. The van der Waals surface area contributed by atoms with Gasteiger partial charge in [-0.3, -0.25) is 49.5 Å². The summed E-state index contributed by atoms with van der Waals surface area (Å²) in [6, 6.07) is 44.4. The Hall–Kier alpha value is -9.84. The predicted molar refractivity (Wildman–Crippen MR) is 417 cm³/mol. The van der Waals surface area contributed by atoms with Crippen LogP contribution in [-0.2, 0) is 72.9 Å². The standard InChI is InChI=1S/C28H44N2O7Si2.C26H26N2O7.C24H24N2O6.C2H6/c1-7-8-15-38(3,4)37-39(5,6)16-9-14-30-27(31)26-18-22(12-13-25(26)28(32)33)21-10-11-23(20-36-34)24(17-21)19-35-29-2;1-15-8-20(16(2)29)11-22(9-15)28-25(30)24-12-18(6-7-23(24)26(31)32)17-4-5-19(14-35-33)21(10-17)13-34-27-3;1-15-4-3-5-20(10-15)26-23(27)22-12-17(8-9-21(22)24(28)29)16-6-7-18(14-32-30)19(11-16)13-31-25-2;1-2/h10-13,17-18,29,34H,7-9,14-16,19-20H2,1-6H3,(H,30,31)(H,32,33);4-12,27,33H,13-14H2,1-3H3,(H,28,30)(H,31,32);3-12,25,30H,13-14H2,1-2H3,(H,26,27)(H,28,29);1-2H3. The molecule has 26 nitrogen and oxygen atoms in total. The van der Waals surface area contributed by atoms with E-state index < -0.39 is 52.3 Å². The highest BCUT2D eigenvalue weighted by atomic mass is 28.4. The Morgan fingerprint density at radius 2 is 0.759 bits per heavy atom. The van der Waals surface area contributed by atoms with Gasteiger partial charge in [0.05, 0.1) is 53.2 Å². The molecule has 28 heteroatoms. The Labute approximate surface area is 631 Å². The van der Waals surface area contributed by atoms with Gasteiger partial charge in [0.1, 0.15) is 19.8 Å². The van der Waals surface area contributed by atoms with E-state index in [9.17, 15) is 48.9 Å². The minimum absolute atomic E-state index is 0.00256. The van der Waals surface area contributed by atoms with Crippen LogP contribution >= 0.6 is 0 Å². The van der Waals surface area contributed by atoms with Crippen molar-refractivity contribution >= 4 is 69.4 Å². The lowest BCUT2D eigenvalue weighted by atomic mass is 9.95. The molecule has 3 amide bonds. The highest BCUT2D eigenvalue weighted by Gasteiger charge is 2.32. The molecule has 108 heavy (non-hydrogen) atoms. The molecule has 0 saturated heterocycles. The molecule has 0 aliphatic carbocycles. The van der Waals surface area contributed by atoms with Crippen molar-refractivity contribution < 1.29 is 97.9 Å². The molecule has 8 aromatic rings. The third-order valence-electron chi connectivity index (χ3n) is 16.8. The molecule has 0 saturated carbocycles. The summed E-state index contributed by atoms with van der Waals surface area (Å²) in [4.78, 5) is 115. The number of carboxylic acid groups (broad SMARTS) is 3. The number of amides is 3. The molecule has 8 rings (SSSR count). The Morgan fingerprint density at radius 3 is 1.12 bits per heavy atom. The second kappa shape index (κ2) is 44.5. The summed E-state index contributed by atoms with van der Waals surface area (Å²) in [5.74, 6) is -5.29. The van der Waals surface area contributed by atoms with E-state index in [1.165, 1.54) is 44.0 Å². The van der Waals surface area contributed by atoms with E-state index in [1.54, 1.807) is 119 Å². The monoisotopic (exact) mass is 1520 g/mol. The van der Waals surface area contributed by atoms with Crippen LogP contribution in [0.1, 0.15) is 164 Å². The van der Waals surface area contributed by atoms with E-state index in [4.69, 9.17) is 34.4 Å². The van der Waals surface area contributed by atoms with Gasteiger partial charge < -0.3 is 35.4 Å². The minimum Gasteiger partial charge on any atom is -0.478 e. The maximum Gasteiger partial charge on any atom is 0.336 e. The topological polar surface area (TPSA) is 378 Å². The number of unbranched alkanes of at least 4 members (excludes halogenated alkanes) is 1. The van der Waals surface area contributed by atoms with E-state index in [1.807, 2.05) is 57.2 Å². The predicted octanol–water partition coefficient (Wildman–Crippen LogP) is 15.8. The molecule has 578 valence electrons. The van der Waals surface area contributed by atoms with Gasteiger partial charge in [0, 0.05) is 44.6 Å². The molecule has 8 aromatic carbocycles. The van der Waals surface area contributed by atoms with Gasteiger partial charge in [-0.15, -0.1) is 0 Å². The molecule has 0 unspecified atom stereocenters. The van der Waals surface area contributed by atoms with Crippen molar-refractivity contribution in [2.24, 2.45) is 0 Å². The van der Waals surface area contributed by atoms with E-state index >= 15 is 0 Å². The molecule has 0 radical (unpaired) electrons. The first kappa shape index (κ1) is 88.8. The summed E-state index contributed by atoms with van der Waals surface area (Å²) in [7, 11) is 1.34. The molecule has 0 heterocycles. The van der Waals surface area contributed by atoms with Gasteiger partial charge in [-0.1, -0.05) is 100 Å². The fourth-order valence-electron chi connectivity index (χ4n) is 11.6. The summed E-state index contributed by atoms with van der Waals surface area (Å²) >= 11 is 0. The molecule has 0 aliphatic rings. The van der Waals surface area contributed by atoms with Crippen molar-refractivity contribution in [1.82, 2.24) is 21.8 Å². The second-order valence-corrected chi connectivity index (χ2v) is 34.8. The van der Waals surface area contributed by atoms with Crippen molar-refractivity contribution in [2.45, 2.75) is 139 Å². The van der Waals surface area contributed by atoms with Crippen molar-refractivity contribution in [3.63, 3.8) is 0 Å². The lowest BCUT2D eigenvalue weighted by molar-refractivity contribution is -0.253. The van der Waals surface area contributed by atoms with E-state index in [0.717, 1.165) is 68.6 Å². The number of carboxylic acids is 3. The van der Waals surface area contributed by atoms with Crippen LogP contribution in [0.4, 0.5) is 11.4 Å². The maximum absolute atomic E-state index is 13.1. The number of Topliss-reactive ketones (excluding diaryl/α,β-unsaturated/α-hetero) is 1. The minimum atomic E-state index is -1.87. The third kappa shape index (κ3) is 27.4. The van der Waals surface area contributed by atoms with E-state index in [0.29, 0.717) is 51.3 Å². The van der Waals surface area contributed by atoms with Gasteiger partial charge in [-0.05, 0) is 228 Å². The molecule has 0 aromatic heterocycles. The number of aryl methyl sites for hydroxylation is 2. The third-order valence-corrected chi connectivity index (χ3v) is 24.4. The van der Waals surface area contributed by atoms with E-state index in [2.05, 4.69) is 80.2 Å². The summed E-state index contributed by atoms with van der Waals surface area (Å²) in [5, 5.41) is 63.9. The number of carbonyl (C=O) groups is 7. The van der Waals surface area contributed by atoms with Crippen LogP contribution in [0.5, 0.6) is 0 Å². The number of nitrogens with one attached hydrogen (secondary N) is 6. The maximum atomic E-state index is 13.1. The normalized spacial score (nSPS) is 11.0. The van der Waals surface area contributed by atoms with Gasteiger partial charge in [0.15, 0.2) is 22.4 Å².